The van der Waals surface area contributed by atoms with Gasteiger partial charge in [-0.3, -0.25) is 4.99 Å². The normalized spacial score (nSPS) is 11.4. The number of benzene rings is 1. The first-order chi connectivity index (χ1) is 11.7. The molecule has 1 aromatic carbocycles. The second kappa shape index (κ2) is 10.2. The molecule has 1 aromatic heterocycles. The van der Waals surface area contributed by atoms with Crippen molar-refractivity contribution in [2.45, 2.75) is 19.3 Å². The van der Waals surface area contributed by atoms with Gasteiger partial charge in [0.25, 0.3) is 0 Å². The zero-order valence-corrected chi connectivity index (χ0v) is 15.2. The molecule has 24 heavy (non-hydrogen) atoms. The van der Waals surface area contributed by atoms with E-state index in [1.165, 1.54) is 5.56 Å². The lowest BCUT2D eigenvalue weighted by atomic mass is 10.1. The summed E-state index contributed by atoms with van der Waals surface area (Å²) < 4.78 is 0. The third-order valence-electron chi connectivity index (χ3n) is 3.59. The van der Waals surface area contributed by atoms with Crippen molar-refractivity contribution in [1.29, 1.82) is 0 Å². The van der Waals surface area contributed by atoms with Crippen LogP contribution in [0.4, 0.5) is 0 Å². The van der Waals surface area contributed by atoms with E-state index in [1.54, 1.807) is 19.3 Å². The van der Waals surface area contributed by atoms with Crippen LogP contribution < -0.4 is 10.6 Å². The molecule has 128 valence electrons. The first-order valence-corrected chi connectivity index (χ1v) is 8.73. The second-order valence-electron chi connectivity index (χ2n) is 5.36. The van der Waals surface area contributed by atoms with E-state index in [2.05, 4.69) is 26.7 Å². The van der Waals surface area contributed by atoms with E-state index in [0.717, 1.165) is 48.9 Å². The van der Waals surface area contributed by atoms with Gasteiger partial charge >= 0.3 is 0 Å². The van der Waals surface area contributed by atoms with E-state index in [4.69, 9.17) is 23.2 Å². The molecule has 0 bridgehead atoms. The maximum Gasteiger partial charge on any atom is 0.190 e. The molecule has 2 N–H and O–H groups in total. The lowest BCUT2D eigenvalue weighted by molar-refractivity contribution is 0.739. The number of aliphatic imine (C=N–C) groups is 1. The lowest BCUT2D eigenvalue weighted by Gasteiger charge is -2.12. The lowest BCUT2D eigenvalue weighted by Crippen LogP contribution is -2.38. The molecular weight excluding hydrogens is 343 g/mol. The van der Waals surface area contributed by atoms with E-state index < -0.39 is 0 Å². The number of aryl methyl sites for hydroxylation is 1. The van der Waals surface area contributed by atoms with Crippen molar-refractivity contribution in [3.63, 3.8) is 0 Å². The van der Waals surface area contributed by atoms with Gasteiger partial charge in [-0.15, -0.1) is 0 Å². The van der Waals surface area contributed by atoms with Gasteiger partial charge in [-0.2, -0.15) is 0 Å². The molecule has 6 heteroatoms. The van der Waals surface area contributed by atoms with Crippen LogP contribution in [0.25, 0.3) is 0 Å². The van der Waals surface area contributed by atoms with E-state index >= 15 is 0 Å². The van der Waals surface area contributed by atoms with Crippen LogP contribution in [0.1, 0.15) is 17.5 Å². The zero-order chi connectivity index (χ0) is 17.2. The summed E-state index contributed by atoms with van der Waals surface area (Å²) in [5.41, 5.74) is 2.32. The Morgan fingerprint density at radius 3 is 2.54 bits per heavy atom. The van der Waals surface area contributed by atoms with Gasteiger partial charge in [0, 0.05) is 31.4 Å². The summed E-state index contributed by atoms with van der Waals surface area (Å²) in [5, 5.41) is 7.95. The van der Waals surface area contributed by atoms with Gasteiger partial charge in [-0.25, -0.2) is 4.98 Å². The van der Waals surface area contributed by atoms with Crippen LogP contribution in [0.15, 0.2) is 47.6 Å². The van der Waals surface area contributed by atoms with E-state index in [1.807, 2.05) is 24.3 Å². The van der Waals surface area contributed by atoms with Crippen molar-refractivity contribution in [2.75, 3.05) is 20.1 Å². The van der Waals surface area contributed by atoms with Gasteiger partial charge in [0.1, 0.15) is 5.15 Å². The quantitative estimate of drug-likeness (QED) is 0.340. The molecule has 2 aromatic rings. The number of hydrogen-bond acceptors (Lipinski definition) is 2. The van der Waals surface area contributed by atoms with Gasteiger partial charge in [-0.05, 0) is 42.5 Å². The zero-order valence-electron chi connectivity index (χ0n) is 13.7. The SMILES string of the molecule is CN=C(NCCCc1ccccc1Cl)NCCc1ccc(Cl)nc1. The number of rotatable bonds is 7. The fourth-order valence-electron chi connectivity index (χ4n) is 2.29. The Labute approximate surface area is 153 Å². The van der Waals surface area contributed by atoms with E-state index in [-0.39, 0.29) is 0 Å². The minimum Gasteiger partial charge on any atom is -0.356 e. The minimum atomic E-state index is 0.516. The third kappa shape index (κ3) is 6.38. The molecule has 0 saturated heterocycles. The molecule has 1 heterocycles. The number of hydrogen-bond donors (Lipinski definition) is 2. The molecule has 0 radical (unpaired) electrons. The Bertz CT molecular complexity index is 656. The first kappa shape index (κ1) is 18.6. The summed E-state index contributed by atoms with van der Waals surface area (Å²) in [4.78, 5) is 8.30. The Morgan fingerprint density at radius 2 is 1.83 bits per heavy atom. The molecule has 0 atom stereocenters. The number of guanidine groups is 1. The Morgan fingerprint density at radius 1 is 1.04 bits per heavy atom. The summed E-state index contributed by atoms with van der Waals surface area (Å²) >= 11 is 11.9. The fraction of sp³-hybridized carbons (Fsp3) is 0.333. The second-order valence-corrected chi connectivity index (χ2v) is 6.15. The molecule has 0 aliphatic rings. The van der Waals surface area contributed by atoms with Gasteiger partial charge in [-0.1, -0.05) is 47.5 Å². The van der Waals surface area contributed by atoms with Crippen LogP contribution in [-0.4, -0.2) is 31.1 Å². The summed E-state index contributed by atoms with van der Waals surface area (Å²) in [7, 11) is 1.77. The number of nitrogens with one attached hydrogen (secondary N) is 2. The van der Waals surface area contributed by atoms with Crippen LogP contribution >= 0.6 is 23.2 Å². The Kier molecular flexibility index (Phi) is 7.86. The Balaban J connectivity index is 1.65. The number of nitrogens with zero attached hydrogens (tertiary/aromatic N) is 2. The highest BCUT2D eigenvalue weighted by Crippen LogP contribution is 2.16. The smallest absolute Gasteiger partial charge is 0.190 e. The van der Waals surface area contributed by atoms with Crippen LogP contribution in [-0.2, 0) is 12.8 Å². The number of pyridine rings is 1. The molecule has 0 fully saturated rings. The topological polar surface area (TPSA) is 49.3 Å². The molecule has 0 saturated carbocycles. The third-order valence-corrected chi connectivity index (χ3v) is 4.18. The van der Waals surface area contributed by atoms with Gasteiger partial charge in [0.15, 0.2) is 5.96 Å². The van der Waals surface area contributed by atoms with Crippen molar-refractivity contribution in [3.8, 4) is 0 Å². The largest absolute Gasteiger partial charge is 0.356 e. The van der Waals surface area contributed by atoms with Crippen molar-refractivity contribution in [1.82, 2.24) is 15.6 Å². The summed E-state index contributed by atoms with van der Waals surface area (Å²) in [6.45, 7) is 1.63. The van der Waals surface area contributed by atoms with Crippen molar-refractivity contribution >= 4 is 29.2 Å². The highest BCUT2D eigenvalue weighted by molar-refractivity contribution is 6.31. The van der Waals surface area contributed by atoms with Crippen molar-refractivity contribution < 1.29 is 0 Å². The molecule has 0 unspecified atom stereocenters. The highest BCUT2D eigenvalue weighted by Gasteiger charge is 2.01. The van der Waals surface area contributed by atoms with E-state index in [0.29, 0.717) is 5.15 Å². The molecule has 2 rings (SSSR count). The summed E-state index contributed by atoms with van der Waals surface area (Å²) in [6, 6.07) is 11.7. The highest BCUT2D eigenvalue weighted by atomic mass is 35.5. The monoisotopic (exact) mass is 364 g/mol. The molecule has 0 aliphatic carbocycles. The van der Waals surface area contributed by atoms with Gasteiger partial charge < -0.3 is 10.6 Å². The average Bonchev–Trinajstić information content (AvgIpc) is 2.60. The predicted molar refractivity (Wildman–Crippen MR) is 102 cm³/mol. The predicted octanol–water partition coefficient (Wildman–Crippen LogP) is 3.73. The molecule has 0 spiro atoms. The average molecular weight is 365 g/mol. The number of halogens is 2. The van der Waals surface area contributed by atoms with Crippen LogP contribution in [0.5, 0.6) is 0 Å². The van der Waals surface area contributed by atoms with Crippen molar-refractivity contribution in [3.05, 3.63) is 63.9 Å². The minimum absolute atomic E-state index is 0.516. The summed E-state index contributed by atoms with van der Waals surface area (Å²) in [6.07, 6.45) is 4.60. The van der Waals surface area contributed by atoms with Gasteiger partial charge in [0.2, 0.25) is 0 Å². The molecule has 0 aliphatic heterocycles. The summed E-state index contributed by atoms with van der Waals surface area (Å²) in [5.74, 6) is 0.802. The molecular formula is C18H22Cl2N4. The number of aromatic nitrogens is 1. The molecule has 0 amide bonds. The van der Waals surface area contributed by atoms with Gasteiger partial charge in [0.05, 0.1) is 0 Å². The maximum atomic E-state index is 6.16. The van der Waals surface area contributed by atoms with Crippen LogP contribution in [0, 0.1) is 0 Å². The van der Waals surface area contributed by atoms with Crippen LogP contribution in [0.3, 0.4) is 0 Å². The van der Waals surface area contributed by atoms with Crippen LogP contribution in [0.2, 0.25) is 10.2 Å². The van der Waals surface area contributed by atoms with Crippen molar-refractivity contribution in [2.24, 2.45) is 4.99 Å². The maximum absolute atomic E-state index is 6.16. The Hall–Kier alpha value is -1.78. The first-order valence-electron chi connectivity index (χ1n) is 7.97. The standard InChI is InChI=1S/C18H22Cl2N4/c1-21-18(23-12-10-14-8-9-17(20)24-13-14)22-11-4-6-15-5-2-3-7-16(15)19/h2-3,5,7-9,13H,4,6,10-12H2,1H3,(H2,21,22,23). The fourth-order valence-corrected chi connectivity index (χ4v) is 2.63. The molecule has 4 nitrogen and oxygen atoms in total. The van der Waals surface area contributed by atoms with E-state index in [9.17, 15) is 0 Å².